The molecule has 0 heteroatoms. The summed E-state index contributed by atoms with van der Waals surface area (Å²) in [5.74, 6) is 0. The van der Waals surface area contributed by atoms with Crippen molar-refractivity contribution in [1.29, 1.82) is 0 Å². The van der Waals surface area contributed by atoms with Gasteiger partial charge in [-0.1, -0.05) is 36.4 Å². The molecule has 0 unspecified atom stereocenters. The zero-order chi connectivity index (χ0) is 6.69. The first-order chi connectivity index (χ1) is 4.30. The zero-order valence-electron chi connectivity index (χ0n) is 5.52. The van der Waals surface area contributed by atoms with E-state index in [1.165, 1.54) is 0 Å². The molecule has 45 valence electrons. The maximum atomic E-state index is 3.79. The van der Waals surface area contributed by atoms with Crippen LogP contribution in [0, 0.1) is 6.07 Å². The molecular formula is C9H9. The lowest BCUT2D eigenvalue weighted by Gasteiger charge is -1.94. The highest BCUT2D eigenvalue weighted by molar-refractivity contribution is 5.60. The van der Waals surface area contributed by atoms with Crippen LogP contribution in [0.2, 0.25) is 0 Å². The molecule has 9 heavy (non-hydrogen) atoms. The van der Waals surface area contributed by atoms with E-state index in [2.05, 4.69) is 12.6 Å². The Morgan fingerprint density at radius 2 is 2.33 bits per heavy atom. The summed E-state index contributed by atoms with van der Waals surface area (Å²) >= 11 is 0. The molecule has 1 radical (unpaired) electrons. The lowest BCUT2D eigenvalue weighted by molar-refractivity contribution is 1.57. The molecule has 0 N–H and O–H groups in total. The van der Waals surface area contributed by atoms with Crippen molar-refractivity contribution in [3.05, 3.63) is 42.5 Å². The van der Waals surface area contributed by atoms with Crippen LogP contribution in [0.25, 0.3) is 5.57 Å². The third kappa shape index (κ3) is 1.43. The van der Waals surface area contributed by atoms with E-state index in [0.29, 0.717) is 0 Å². The van der Waals surface area contributed by atoms with Gasteiger partial charge in [-0.05, 0) is 18.6 Å². The van der Waals surface area contributed by atoms with Crippen LogP contribution < -0.4 is 0 Å². The Bertz CT molecular complexity index is 197. The molecule has 0 aliphatic carbocycles. The maximum Gasteiger partial charge on any atom is -0.0103 e. The monoisotopic (exact) mass is 117 g/mol. The highest BCUT2D eigenvalue weighted by atomic mass is 13.9. The van der Waals surface area contributed by atoms with Gasteiger partial charge in [0, 0.05) is 0 Å². The molecule has 0 aliphatic heterocycles. The SMILES string of the molecule is C=C(C)c1[c]cccc1. The van der Waals surface area contributed by atoms with E-state index in [-0.39, 0.29) is 0 Å². The summed E-state index contributed by atoms with van der Waals surface area (Å²) in [6.07, 6.45) is 0. The lowest BCUT2D eigenvalue weighted by Crippen LogP contribution is -1.73. The summed E-state index contributed by atoms with van der Waals surface area (Å²) in [6, 6.07) is 10.9. The summed E-state index contributed by atoms with van der Waals surface area (Å²) in [6.45, 7) is 5.77. The van der Waals surface area contributed by atoms with Crippen molar-refractivity contribution in [1.82, 2.24) is 0 Å². The molecule has 0 heterocycles. The van der Waals surface area contributed by atoms with Crippen LogP contribution in [0.5, 0.6) is 0 Å². The first-order valence-electron chi connectivity index (χ1n) is 2.93. The quantitative estimate of drug-likeness (QED) is 0.530. The number of hydrogen-bond donors (Lipinski definition) is 0. The van der Waals surface area contributed by atoms with Gasteiger partial charge in [0.15, 0.2) is 0 Å². The lowest BCUT2D eigenvalue weighted by atomic mass is 10.1. The third-order valence-corrected chi connectivity index (χ3v) is 1.17. The van der Waals surface area contributed by atoms with Crippen molar-refractivity contribution >= 4 is 5.57 Å². The minimum Gasteiger partial charge on any atom is -0.0955 e. The average molecular weight is 117 g/mol. The van der Waals surface area contributed by atoms with Crippen LogP contribution >= 0.6 is 0 Å². The highest BCUT2D eigenvalue weighted by Crippen LogP contribution is 2.07. The van der Waals surface area contributed by atoms with E-state index in [1.807, 2.05) is 31.2 Å². The number of rotatable bonds is 1. The molecule has 0 aliphatic rings. The molecule has 0 fully saturated rings. The van der Waals surface area contributed by atoms with Crippen LogP contribution in [0.3, 0.4) is 0 Å². The summed E-state index contributed by atoms with van der Waals surface area (Å²) in [7, 11) is 0. The van der Waals surface area contributed by atoms with Crippen molar-refractivity contribution in [2.24, 2.45) is 0 Å². The highest BCUT2D eigenvalue weighted by Gasteiger charge is 1.86. The smallest absolute Gasteiger partial charge is 0.0103 e. The Balaban J connectivity index is 2.98. The van der Waals surface area contributed by atoms with E-state index in [4.69, 9.17) is 0 Å². The first-order valence-corrected chi connectivity index (χ1v) is 2.93. The molecule has 1 aromatic carbocycles. The molecule has 0 saturated heterocycles. The Morgan fingerprint density at radius 1 is 1.56 bits per heavy atom. The topological polar surface area (TPSA) is 0 Å². The number of hydrogen-bond acceptors (Lipinski definition) is 0. The van der Waals surface area contributed by atoms with E-state index in [0.717, 1.165) is 11.1 Å². The molecule has 0 nitrogen and oxygen atoms in total. The third-order valence-electron chi connectivity index (χ3n) is 1.17. The van der Waals surface area contributed by atoms with E-state index < -0.39 is 0 Å². The summed E-state index contributed by atoms with van der Waals surface area (Å²) in [5.41, 5.74) is 2.16. The van der Waals surface area contributed by atoms with Crippen LogP contribution in [-0.4, -0.2) is 0 Å². The van der Waals surface area contributed by atoms with Crippen molar-refractivity contribution in [2.45, 2.75) is 6.92 Å². The predicted molar refractivity (Wildman–Crippen MR) is 40.0 cm³/mol. The second-order valence-electron chi connectivity index (χ2n) is 2.06. The maximum absolute atomic E-state index is 3.79. The van der Waals surface area contributed by atoms with Crippen LogP contribution in [0.15, 0.2) is 30.8 Å². The van der Waals surface area contributed by atoms with Gasteiger partial charge in [0.05, 0.1) is 0 Å². The number of allylic oxidation sites excluding steroid dienone is 1. The zero-order valence-corrected chi connectivity index (χ0v) is 5.52. The minimum absolute atomic E-state index is 1.07. The largest absolute Gasteiger partial charge is 0.0955 e. The average Bonchev–Trinajstić information content (AvgIpc) is 1.90. The molecule has 0 spiro atoms. The van der Waals surface area contributed by atoms with Crippen LogP contribution in [-0.2, 0) is 0 Å². The minimum atomic E-state index is 1.07. The van der Waals surface area contributed by atoms with Crippen molar-refractivity contribution < 1.29 is 0 Å². The molecule has 0 saturated carbocycles. The summed E-state index contributed by atoms with van der Waals surface area (Å²) < 4.78 is 0. The van der Waals surface area contributed by atoms with Crippen molar-refractivity contribution in [3.8, 4) is 0 Å². The van der Waals surface area contributed by atoms with Gasteiger partial charge < -0.3 is 0 Å². The van der Waals surface area contributed by atoms with Crippen molar-refractivity contribution in [3.63, 3.8) is 0 Å². The molecule has 0 aromatic heterocycles. The fourth-order valence-corrected chi connectivity index (χ4v) is 0.659. The van der Waals surface area contributed by atoms with Gasteiger partial charge in [0.25, 0.3) is 0 Å². The molecule has 0 amide bonds. The van der Waals surface area contributed by atoms with E-state index in [1.54, 1.807) is 0 Å². The van der Waals surface area contributed by atoms with E-state index >= 15 is 0 Å². The number of benzene rings is 1. The van der Waals surface area contributed by atoms with Crippen molar-refractivity contribution in [2.75, 3.05) is 0 Å². The molecule has 1 aromatic rings. The molecular weight excluding hydrogens is 108 g/mol. The van der Waals surface area contributed by atoms with Gasteiger partial charge in [-0.15, -0.1) is 0 Å². The van der Waals surface area contributed by atoms with Gasteiger partial charge in [-0.2, -0.15) is 0 Å². The first kappa shape index (κ1) is 6.09. The summed E-state index contributed by atoms with van der Waals surface area (Å²) in [5, 5.41) is 0. The standard InChI is InChI=1S/C9H9/c1-8(2)9-6-4-3-5-7-9/h3-6H,1H2,2H3. The van der Waals surface area contributed by atoms with Gasteiger partial charge in [0.1, 0.15) is 0 Å². The Morgan fingerprint density at radius 3 is 2.67 bits per heavy atom. The molecule has 0 atom stereocenters. The van der Waals surface area contributed by atoms with Gasteiger partial charge in [-0.25, -0.2) is 0 Å². The Hall–Kier alpha value is -1.04. The summed E-state index contributed by atoms with van der Waals surface area (Å²) in [4.78, 5) is 0. The van der Waals surface area contributed by atoms with Gasteiger partial charge >= 0.3 is 0 Å². The second-order valence-corrected chi connectivity index (χ2v) is 2.06. The van der Waals surface area contributed by atoms with E-state index in [9.17, 15) is 0 Å². The Kier molecular flexibility index (Phi) is 1.69. The normalized spacial score (nSPS) is 9.00. The molecule has 1 rings (SSSR count). The predicted octanol–water partition coefficient (Wildman–Crippen LogP) is 2.52. The fourth-order valence-electron chi connectivity index (χ4n) is 0.659. The fraction of sp³-hybridized carbons (Fsp3) is 0.111. The van der Waals surface area contributed by atoms with Crippen LogP contribution in [0.1, 0.15) is 12.5 Å². The second kappa shape index (κ2) is 2.49. The molecule has 0 bridgehead atoms. The van der Waals surface area contributed by atoms with Crippen LogP contribution in [0.4, 0.5) is 0 Å². The Labute approximate surface area is 55.8 Å². The van der Waals surface area contributed by atoms with Gasteiger partial charge in [-0.3, -0.25) is 0 Å². The van der Waals surface area contributed by atoms with Gasteiger partial charge in [0.2, 0.25) is 0 Å².